The lowest BCUT2D eigenvalue weighted by molar-refractivity contribution is -0.116. The van der Waals surface area contributed by atoms with Crippen LogP contribution in [0.3, 0.4) is 0 Å². The number of nitrogens with one attached hydrogen (secondary N) is 3. The SMILES string of the molecule is CCOc1ccc(NC(=O)C(Sc2ccc(NC(=O)/C(=C/c3cccs3)NC(=O)c3ccccc3)cc2)c2ccccc2)cc1. The molecule has 0 saturated heterocycles. The van der Waals surface area contributed by atoms with Crippen molar-refractivity contribution in [2.45, 2.75) is 17.1 Å². The van der Waals surface area contributed by atoms with Crippen molar-refractivity contribution in [3.63, 3.8) is 0 Å². The third kappa shape index (κ3) is 8.95. The summed E-state index contributed by atoms with van der Waals surface area (Å²) in [6.07, 6.45) is 1.65. The summed E-state index contributed by atoms with van der Waals surface area (Å²) in [6, 6.07) is 36.6. The summed E-state index contributed by atoms with van der Waals surface area (Å²) in [7, 11) is 0. The highest BCUT2D eigenvalue weighted by Crippen LogP contribution is 2.37. The summed E-state index contributed by atoms with van der Waals surface area (Å²) in [5.74, 6) is -0.254. The number of thioether (sulfide) groups is 1. The molecule has 0 fully saturated rings. The van der Waals surface area contributed by atoms with Gasteiger partial charge in [-0.05, 0) is 90.7 Å². The van der Waals surface area contributed by atoms with Crippen molar-refractivity contribution in [1.82, 2.24) is 5.32 Å². The van der Waals surface area contributed by atoms with Gasteiger partial charge in [0.15, 0.2) is 0 Å². The maximum absolute atomic E-state index is 13.5. The zero-order valence-electron chi connectivity index (χ0n) is 24.4. The molecule has 3 amide bonds. The molecule has 1 atom stereocenters. The van der Waals surface area contributed by atoms with Crippen LogP contribution in [0.1, 0.15) is 33.0 Å². The predicted molar refractivity (Wildman–Crippen MR) is 183 cm³/mol. The van der Waals surface area contributed by atoms with Gasteiger partial charge in [-0.2, -0.15) is 0 Å². The maximum Gasteiger partial charge on any atom is 0.272 e. The monoisotopic (exact) mass is 633 g/mol. The Morgan fingerprint density at radius 2 is 1.42 bits per heavy atom. The predicted octanol–water partition coefficient (Wildman–Crippen LogP) is 8.03. The summed E-state index contributed by atoms with van der Waals surface area (Å²) < 4.78 is 5.50. The largest absolute Gasteiger partial charge is 0.494 e. The van der Waals surface area contributed by atoms with Gasteiger partial charge < -0.3 is 20.7 Å². The fourth-order valence-electron chi connectivity index (χ4n) is 4.32. The Morgan fingerprint density at radius 3 is 2.07 bits per heavy atom. The van der Waals surface area contributed by atoms with Crippen LogP contribution in [0.25, 0.3) is 6.08 Å². The molecule has 5 aromatic rings. The van der Waals surface area contributed by atoms with Crippen molar-refractivity contribution in [3.8, 4) is 5.75 Å². The Labute approximate surface area is 270 Å². The van der Waals surface area contributed by atoms with Crippen molar-refractivity contribution in [2.75, 3.05) is 17.2 Å². The average Bonchev–Trinajstić information content (AvgIpc) is 3.59. The van der Waals surface area contributed by atoms with Crippen LogP contribution >= 0.6 is 23.1 Å². The van der Waals surface area contributed by atoms with Crippen molar-refractivity contribution in [1.29, 1.82) is 0 Å². The van der Waals surface area contributed by atoms with Crippen LogP contribution < -0.4 is 20.7 Å². The molecule has 9 heteroatoms. The van der Waals surface area contributed by atoms with E-state index in [-0.39, 0.29) is 17.5 Å². The molecule has 1 aromatic heterocycles. The van der Waals surface area contributed by atoms with E-state index in [1.54, 1.807) is 42.5 Å². The van der Waals surface area contributed by atoms with E-state index in [1.807, 2.05) is 97.2 Å². The molecule has 0 aliphatic rings. The van der Waals surface area contributed by atoms with E-state index in [9.17, 15) is 14.4 Å². The number of anilines is 2. The van der Waals surface area contributed by atoms with Crippen LogP contribution in [-0.2, 0) is 9.59 Å². The standard InChI is InChI=1S/C36H31N3O4S2/c1-2-43-29-19-15-27(16-20-29)38-36(42)33(25-10-5-3-6-11-25)45-30-21-17-28(18-22-30)37-35(41)32(24-31-14-9-23-44-31)39-34(40)26-12-7-4-8-13-26/h3-24,33H,2H2,1H3,(H,37,41)(H,38,42)(H,39,40)/b32-24-. The van der Waals surface area contributed by atoms with E-state index in [1.165, 1.54) is 23.1 Å². The van der Waals surface area contributed by atoms with Crippen LogP contribution in [0.2, 0.25) is 0 Å². The Hall–Kier alpha value is -5.12. The maximum atomic E-state index is 13.5. The van der Waals surface area contributed by atoms with E-state index in [0.29, 0.717) is 23.5 Å². The smallest absolute Gasteiger partial charge is 0.272 e. The van der Waals surface area contributed by atoms with Crippen LogP contribution in [0, 0.1) is 0 Å². The van der Waals surface area contributed by atoms with Crippen molar-refractivity contribution in [2.24, 2.45) is 0 Å². The molecule has 3 N–H and O–H groups in total. The fraction of sp³-hybridized carbons (Fsp3) is 0.0833. The molecule has 1 unspecified atom stereocenters. The molecule has 0 bridgehead atoms. The molecule has 45 heavy (non-hydrogen) atoms. The third-order valence-corrected chi connectivity index (χ3v) is 8.58. The number of carbonyl (C=O) groups is 3. The molecule has 0 spiro atoms. The lowest BCUT2D eigenvalue weighted by atomic mass is 10.1. The van der Waals surface area contributed by atoms with E-state index >= 15 is 0 Å². The molecule has 0 radical (unpaired) electrons. The first-order chi connectivity index (χ1) is 22.0. The van der Waals surface area contributed by atoms with Gasteiger partial charge in [-0.15, -0.1) is 23.1 Å². The van der Waals surface area contributed by atoms with Crippen LogP contribution in [0.4, 0.5) is 11.4 Å². The number of hydrogen-bond donors (Lipinski definition) is 3. The van der Waals surface area contributed by atoms with E-state index < -0.39 is 11.2 Å². The first kappa shape index (κ1) is 31.3. The number of thiophene rings is 1. The Kier molecular flexibility index (Phi) is 10.8. The topological polar surface area (TPSA) is 96.5 Å². The summed E-state index contributed by atoms with van der Waals surface area (Å²) >= 11 is 2.87. The Bertz CT molecular complexity index is 1740. The quantitative estimate of drug-likeness (QED) is 0.0955. The molecule has 0 aliphatic heterocycles. The third-order valence-electron chi connectivity index (χ3n) is 6.50. The number of rotatable bonds is 12. The lowest BCUT2D eigenvalue weighted by Gasteiger charge is -2.18. The normalized spacial score (nSPS) is 11.7. The number of benzene rings is 4. The van der Waals surface area contributed by atoms with Crippen LogP contribution in [0.15, 0.2) is 137 Å². The van der Waals surface area contributed by atoms with Crippen molar-refractivity contribution >= 4 is 58.3 Å². The summed E-state index contributed by atoms with van der Waals surface area (Å²) in [5.41, 5.74) is 2.66. The van der Waals surface area contributed by atoms with Gasteiger partial charge in [-0.25, -0.2) is 0 Å². The van der Waals surface area contributed by atoms with Crippen LogP contribution in [-0.4, -0.2) is 24.3 Å². The van der Waals surface area contributed by atoms with Gasteiger partial charge in [0, 0.05) is 26.7 Å². The minimum atomic E-state index is -0.522. The fourth-order valence-corrected chi connectivity index (χ4v) is 6.00. The van der Waals surface area contributed by atoms with Gasteiger partial charge in [0.05, 0.1) is 6.61 Å². The second-order valence-electron chi connectivity index (χ2n) is 9.73. The number of carbonyl (C=O) groups excluding carboxylic acids is 3. The highest BCUT2D eigenvalue weighted by atomic mass is 32.2. The molecule has 1 heterocycles. The lowest BCUT2D eigenvalue weighted by Crippen LogP contribution is -2.30. The second-order valence-corrected chi connectivity index (χ2v) is 11.9. The summed E-state index contributed by atoms with van der Waals surface area (Å²) in [5, 5.41) is 10.0. The van der Waals surface area contributed by atoms with E-state index in [4.69, 9.17) is 4.74 Å². The van der Waals surface area contributed by atoms with Gasteiger partial charge in [0.2, 0.25) is 5.91 Å². The first-order valence-corrected chi connectivity index (χ1v) is 16.0. The summed E-state index contributed by atoms with van der Waals surface area (Å²) in [6.45, 7) is 2.49. The number of hydrogen-bond acceptors (Lipinski definition) is 6. The van der Waals surface area contributed by atoms with Gasteiger partial charge >= 0.3 is 0 Å². The van der Waals surface area contributed by atoms with Crippen molar-refractivity contribution < 1.29 is 19.1 Å². The Morgan fingerprint density at radius 1 is 0.778 bits per heavy atom. The molecule has 226 valence electrons. The molecule has 4 aromatic carbocycles. The minimum absolute atomic E-state index is 0.125. The van der Waals surface area contributed by atoms with Gasteiger partial charge in [-0.1, -0.05) is 54.6 Å². The number of ether oxygens (including phenoxy) is 1. The molecule has 7 nitrogen and oxygen atoms in total. The van der Waals surface area contributed by atoms with Gasteiger partial charge in [-0.3, -0.25) is 14.4 Å². The zero-order valence-corrected chi connectivity index (χ0v) is 26.1. The minimum Gasteiger partial charge on any atom is -0.494 e. The summed E-state index contributed by atoms with van der Waals surface area (Å²) in [4.78, 5) is 41.3. The number of amides is 3. The molecular formula is C36H31N3O4S2. The van der Waals surface area contributed by atoms with Gasteiger partial charge in [0.25, 0.3) is 11.8 Å². The average molecular weight is 634 g/mol. The molecule has 0 aliphatic carbocycles. The van der Waals surface area contributed by atoms with E-state index in [2.05, 4.69) is 16.0 Å². The van der Waals surface area contributed by atoms with E-state index in [0.717, 1.165) is 21.1 Å². The highest BCUT2D eigenvalue weighted by Gasteiger charge is 2.22. The molecular weight excluding hydrogens is 603 g/mol. The molecule has 0 saturated carbocycles. The van der Waals surface area contributed by atoms with Gasteiger partial charge in [0.1, 0.15) is 16.7 Å². The second kappa shape index (κ2) is 15.6. The zero-order chi connectivity index (χ0) is 31.4. The van der Waals surface area contributed by atoms with Crippen molar-refractivity contribution in [3.05, 3.63) is 148 Å². The van der Waals surface area contributed by atoms with Crippen LogP contribution in [0.5, 0.6) is 5.75 Å². The Balaban J connectivity index is 1.29. The molecule has 5 rings (SSSR count). The highest BCUT2D eigenvalue weighted by molar-refractivity contribution is 8.00. The first-order valence-electron chi connectivity index (χ1n) is 14.3.